The molecule has 0 fully saturated rings. The second-order valence-electron chi connectivity index (χ2n) is 5.33. The lowest BCUT2D eigenvalue weighted by Gasteiger charge is -2.19. The molecule has 0 radical (unpaired) electrons. The summed E-state index contributed by atoms with van der Waals surface area (Å²) in [4.78, 5) is 13.5. The summed E-state index contributed by atoms with van der Waals surface area (Å²) in [6, 6.07) is 13.0. The van der Waals surface area contributed by atoms with Gasteiger partial charge >= 0.3 is 6.09 Å². The molecule has 5 nitrogen and oxygen atoms in total. The van der Waals surface area contributed by atoms with E-state index in [0.717, 1.165) is 11.3 Å². The number of halogens is 1. The lowest BCUT2D eigenvalue weighted by Crippen LogP contribution is -2.17. The largest absolute Gasteiger partial charge is 0.489 e. The van der Waals surface area contributed by atoms with Crippen LogP contribution in [0.3, 0.4) is 0 Å². The van der Waals surface area contributed by atoms with Crippen molar-refractivity contribution in [1.82, 2.24) is 0 Å². The van der Waals surface area contributed by atoms with E-state index in [1.54, 1.807) is 13.0 Å². The molecule has 1 N–H and O–H groups in total. The van der Waals surface area contributed by atoms with E-state index in [9.17, 15) is 4.79 Å². The molecule has 0 unspecified atom stereocenters. The Morgan fingerprint density at radius 2 is 1.88 bits per heavy atom. The number of amides is 1. The molecule has 24 heavy (non-hydrogen) atoms. The van der Waals surface area contributed by atoms with Gasteiger partial charge in [-0.2, -0.15) is 0 Å². The quantitative estimate of drug-likeness (QED) is 0.831. The molecule has 0 atom stereocenters. The molecule has 128 valence electrons. The average Bonchev–Trinajstić information content (AvgIpc) is 2.55. The second kappa shape index (κ2) is 8.45. The van der Waals surface area contributed by atoms with Gasteiger partial charge in [0.2, 0.25) is 0 Å². The number of ether oxygens (including phenoxy) is 2. The van der Waals surface area contributed by atoms with Crippen LogP contribution in [-0.4, -0.2) is 26.8 Å². The van der Waals surface area contributed by atoms with Crippen LogP contribution in [0.2, 0.25) is 5.02 Å². The minimum Gasteiger partial charge on any atom is -0.489 e. The first-order chi connectivity index (χ1) is 11.5. The first kappa shape index (κ1) is 17.9. The Balaban J connectivity index is 2.09. The summed E-state index contributed by atoms with van der Waals surface area (Å²) in [6.45, 7) is 2.53. The number of carbonyl (C=O) groups excluding carboxylic acids is 1. The third-order valence-corrected chi connectivity index (χ3v) is 3.53. The molecule has 0 aromatic heterocycles. The smallest absolute Gasteiger partial charge is 0.411 e. The Morgan fingerprint density at radius 3 is 2.50 bits per heavy atom. The van der Waals surface area contributed by atoms with Crippen molar-refractivity contribution in [2.45, 2.75) is 13.5 Å². The third-order valence-electron chi connectivity index (χ3n) is 3.28. The van der Waals surface area contributed by atoms with Crippen LogP contribution in [-0.2, 0) is 11.3 Å². The third kappa shape index (κ3) is 5.06. The molecule has 0 saturated carbocycles. The van der Waals surface area contributed by atoms with Gasteiger partial charge in [-0.3, -0.25) is 5.32 Å². The fourth-order valence-corrected chi connectivity index (χ4v) is 2.23. The number of nitrogens with zero attached hydrogens (tertiary/aromatic N) is 1. The average molecular weight is 349 g/mol. The van der Waals surface area contributed by atoms with Gasteiger partial charge in [-0.15, -0.1) is 0 Å². The highest BCUT2D eigenvalue weighted by Gasteiger charge is 2.10. The van der Waals surface area contributed by atoms with Crippen LogP contribution >= 0.6 is 11.6 Å². The SMILES string of the molecule is CCOC(=O)Nc1ccc(OCc2ccc(Cl)cc2)cc1N(C)C. The van der Waals surface area contributed by atoms with Gasteiger partial charge in [-0.05, 0) is 36.8 Å². The van der Waals surface area contributed by atoms with Gasteiger partial charge in [0.05, 0.1) is 18.0 Å². The summed E-state index contributed by atoms with van der Waals surface area (Å²) in [7, 11) is 3.79. The van der Waals surface area contributed by atoms with E-state index >= 15 is 0 Å². The molecule has 0 aliphatic rings. The Morgan fingerprint density at radius 1 is 1.17 bits per heavy atom. The first-order valence-electron chi connectivity index (χ1n) is 7.62. The minimum atomic E-state index is -0.476. The van der Waals surface area contributed by atoms with Crippen molar-refractivity contribution in [3.63, 3.8) is 0 Å². The van der Waals surface area contributed by atoms with Crippen molar-refractivity contribution >= 4 is 29.1 Å². The molecule has 0 bridgehead atoms. The number of carbonyl (C=O) groups is 1. The molecule has 2 aromatic carbocycles. The van der Waals surface area contributed by atoms with Crippen molar-refractivity contribution < 1.29 is 14.3 Å². The van der Waals surface area contributed by atoms with Gasteiger partial charge in [0.15, 0.2) is 0 Å². The number of hydrogen-bond donors (Lipinski definition) is 1. The summed E-state index contributed by atoms with van der Waals surface area (Å²) < 4.78 is 10.7. The standard InChI is InChI=1S/C18H21ClN2O3/c1-4-23-18(22)20-16-10-9-15(11-17(16)21(2)3)24-12-13-5-7-14(19)8-6-13/h5-11H,4,12H2,1-3H3,(H,20,22). The number of nitrogens with one attached hydrogen (secondary N) is 1. The van der Waals surface area contributed by atoms with Crippen molar-refractivity contribution in [2.24, 2.45) is 0 Å². The van der Waals surface area contributed by atoms with Gasteiger partial charge in [0.1, 0.15) is 12.4 Å². The van der Waals surface area contributed by atoms with E-state index in [1.165, 1.54) is 0 Å². The normalized spacial score (nSPS) is 10.2. The van der Waals surface area contributed by atoms with E-state index in [4.69, 9.17) is 21.1 Å². The van der Waals surface area contributed by atoms with Crippen molar-refractivity contribution in [2.75, 3.05) is 30.9 Å². The predicted octanol–water partition coefficient (Wildman–Crippen LogP) is 4.55. The highest BCUT2D eigenvalue weighted by molar-refractivity contribution is 6.30. The van der Waals surface area contributed by atoms with Gasteiger partial charge < -0.3 is 14.4 Å². The Bertz CT molecular complexity index is 687. The molecule has 0 spiro atoms. The highest BCUT2D eigenvalue weighted by atomic mass is 35.5. The fraction of sp³-hybridized carbons (Fsp3) is 0.278. The lowest BCUT2D eigenvalue weighted by atomic mass is 10.2. The van der Waals surface area contributed by atoms with Crippen LogP contribution in [0.15, 0.2) is 42.5 Å². The molecular weight excluding hydrogens is 328 g/mol. The number of benzene rings is 2. The highest BCUT2D eigenvalue weighted by Crippen LogP contribution is 2.30. The Hall–Kier alpha value is -2.40. The van der Waals surface area contributed by atoms with Crippen LogP contribution in [0.25, 0.3) is 0 Å². The summed E-state index contributed by atoms with van der Waals surface area (Å²) in [5, 5.41) is 3.42. The van der Waals surface area contributed by atoms with Gasteiger partial charge in [0.25, 0.3) is 0 Å². The maximum Gasteiger partial charge on any atom is 0.411 e. The van der Waals surface area contributed by atoms with Crippen LogP contribution in [0.5, 0.6) is 5.75 Å². The number of rotatable bonds is 6. The van der Waals surface area contributed by atoms with Crippen LogP contribution < -0.4 is 15.0 Å². The molecule has 0 aliphatic carbocycles. The fourth-order valence-electron chi connectivity index (χ4n) is 2.10. The van der Waals surface area contributed by atoms with E-state index in [1.807, 2.05) is 55.4 Å². The molecule has 2 rings (SSSR count). The summed E-state index contributed by atoms with van der Waals surface area (Å²) in [5.74, 6) is 0.711. The topological polar surface area (TPSA) is 50.8 Å². The van der Waals surface area contributed by atoms with E-state index in [-0.39, 0.29) is 0 Å². The monoisotopic (exact) mass is 348 g/mol. The maximum absolute atomic E-state index is 11.6. The molecule has 1 amide bonds. The van der Waals surface area contributed by atoms with Gasteiger partial charge in [0, 0.05) is 25.2 Å². The number of anilines is 2. The number of hydrogen-bond acceptors (Lipinski definition) is 4. The zero-order valence-corrected chi connectivity index (χ0v) is 14.8. The molecular formula is C18H21ClN2O3. The minimum absolute atomic E-state index is 0.325. The maximum atomic E-state index is 11.6. The van der Waals surface area contributed by atoms with Crippen molar-refractivity contribution in [3.05, 3.63) is 53.1 Å². The Labute approximate surface area is 147 Å². The molecule has 0 saturated heterocycles. The zero-order valence-electron chi connectivity index (χ0n) is 14.0. The first-order valence-corrected chi connectivity index (χ1v) is 7.99. The van der Waals surface area contributed by atoms with Crippen molar-refractivity contribution in [1.29, 1.82) is 0 Å². The lowest BCUT2D eigenvalue weighted by molar-refractivity contribution is 0.168. The zero-order chi connectivity index (χ0) is 17.5. The molecule has 0 heterocycles. The molecule has 2 aromatic rings. The van der Waals surface area contributed by atoms with Gasteiger partial charge in [-0.25, -0.2) is 4.79 Å². The van der Waals surface area contributed by atoms with E-state index in [2.05, 4.69) is 5.32 Å². The van der Waals surface area contributed by atoms with Crippen LogP contribution in [0.1, 0.15) is 12.5 Å². The predicted molar refractivity (Wildman–Crippen MR) is 97.2 cm³/mol. The van der Waals surface area contributed by atoms with E-state index < -0.39 is 6.09 Å². The molecule has 6 heteroatoms. The van der Waals surface area contributed by atoms with Crippen LogP contribution in [0, 0.1) is 0 Å². The second-order valence-corrected chi connectivity index (χ2v) is 5.77. The van der Waals surface area contributed by atoms with E-state index in [0.29, 0.717) is 29.7 Å². The summed E-state index contributed by atoms with van der Waals surface area (Å²) in [5.41, 5.74) is 2.52. The van der Waals surface area contributed by atoms with Crippen LogP contribution in [0.4, 0.5) is 16.2 Å². The Kier molecular flexibility index (Phi) is 6.32. The summed E-state index contributed by atoms with van der Waals surface area (Å²) in [6.07, 6.45) is -0.476. The molecule has 0 aliphatic heterocycles. The van der Waals surface area contributed by atoms with Gasteiger partial charge in [-0.1, -0.05) is 23.7 Å². The summed E-state index contributed by atoms with van der Waals surface area (Å²) >= 11 is 5.87. The van der Waals surface area contributed by atoms with Crippen molar-refractivity contribution in [3.8, 4) is 5.75 Å².